The lowest BCUT2D eigenvalue weighted by molar-refractivity contribution is 0.421. The van der Waals surface area contributed by atoms with Crippen LogP contribution in [-0.4, -0.2) is 36.0 Å². The average molecular weight is 907 g/mol. The number of hydrogen-bond acceptors (Lipinski definition) is 3. The number of ether oxygens (including phenoxy) is 1. The Morgan fingerprint density at radius 1 is 0.420 bits per heavy atom. The molecule has 0 atom stereocenters. The van der Waals surface area contributed by atoms with Crippen molar-refractivity contribution in [3.05, 3.63) is 229 Å². The highest BCUT2D eigenvalue weighted by molar-refractivity contribution is 7.20. The minimum atomic E-state index is -3.16. The Bertz CT molecular complexity index is 4190. The summed E-state index contributed by atoms with van der Waals surface area (Å²) < 4.78 is 16.5. The molecule has 14 rings (SSSR count). The molecule has 4 aromatic heterocycles. The fourth-order valence-electron chi connectivity index (χ4n) is 11.8. The Kier molecular flexibility index (Phi) is 8.35. The lowest BCUT2D eigenvalue weighted by Crippen LogP contribution is -2.75. The van der Waals surface area contributed by atoms with Crippen molar-refractivity contribution < 1.29 is 4.74 Å². The molecule has 0 saturated carbocycles. The Morgan fingerprint density at radius 2 is 0.942 bits per heavy atom. The van der Waals surface area contributed by atoms with E-state index < -0.39 is 8.07 Å². The predicted octanol–water partition coefficient (Wildman–Crippen LogP) is 11.6. The summed E-state index contributed by atoms with van der Waals surface area (Å²) in [5.41, 5.74) is 15.0. The van der Waals surface area contributed by atoms with E-state index >= 15 is 0 Å². The number of rotatable bonds is 6. The maximum Gasteiger partial charge on any atom is 0.220 e. The fourth-order valence-corrected chi connectivity index (χ4v) is 16.7. The second kappa shape index (κ2) is 14.5. The van der Waals surface area contributed by atoms with Gasteiger partial charge in [-0.15, -0.1) is 0 Å². The Balaban J connectivity index is 1.03. The summed E-state index contributed by atoms with van der Waals surface area (Å²) in [7, 11) is -3.16. The summed E-state index contributed by atoms with van der Waals surface area (Å²) in [5, 5.41) is 5.04. The second-order valence-corrected chi connectivity index (χ2v) is 22.9. The first kappa shape index (κ1) is 39.7. The first-order valence-electron chi connectivity index (χ1n) is 23.8. The molecule has 1 aliphatic rings. The number of imidazole rings is 4. The van der Waals surface area contributed by atoms with Crippen LogP contribution in [0.25, 0.3) is 67.1 Å². The average Bonchev–Trinajstić information content (AvgIpc) is 4.13. The summed E-state index contributed by atoms with van der Waals surface area (Å²) in [6, 6.07) is 75.3. The summed E-state index contributed by atoms with van der Waals surface area (Å²) in [4.78, 5) is 10.9. The van der Waals surface area contributed by atoms with Crippen LogP contribution >= 0.6 is 0 Å². The van der Waals surface area contributed by atoms with E-state index in [1.807, 2.05) is 0 Å². The molecule has 5 heterocycles. The van der Waals surface area contributed by atoms with E-state index in [4.69, 9.17) is 14.7 Å². The van der Waals surface area contributed by atoms with Crippen molar-refractivity contribution in [3.8, 4) is 22.9 Å². The molecular weight excluding hydrogens is 861 g/mol. The van der Waals surface area contributed by atoms with Crippen LogP contribution in [0.5, 0.6) is 11.5 Å². The van der Waals surface area contributed by atoms with Gasteiger partial charge in [0.2, 0.25) is 11.6 Å². The summed E-state index contributed by atoms with van der Waals surface area (Å²) in [6.45, 7) is 8.98. The monoisotopic (exact) mass is 906 g/mol. The molecule has 0 aliphatic carbocycles. The van der Waals surface area contributed by atoms with Crippen LogP contribution in [0.2, 0.25) is 0 Å². The fraction of sp³-hybridized carbons (Fsp3) is 0.0820. The molecule has 69 heavy (non-hydrogen) atoms. The van der Waals surface area contributed by atoms with Crippen molar-refractivity contribution in [1.29, 1.82) is 0 Å². The topological polar surface area (TPSA) is 53.7 Å². The van der Waals surface area contributed by atoms with E-state index in [-0.39, 0.29) is 5.41 Å². The zero-order chi connectivity index (χ0) is 46.2. The van der Waals surface area contributed by atoms with Crippen molar-refractivity contribution in [1.82, 2.24) is 27.9 Å². The molecule has 0 radical (unpaired) electrons. The largest absolute Gasteiger partial charge is 0.457 e. The van der Waals surface area contributed by atoms with Gasteiger partial charge in [-0.25, -0.2) is 9.97 Å². The first-order valence-corrected chi connectivity index (χ1v) is 25.8. The van der Waals surface area contributed by atoms with Crippen LogP contribution in [0.3, 0.4) is 0 Å². The normalized spacial score (nSPS) is 13.4. The van der Waals surface area contributed by atoms with Crippen LogP contribution in [0.15, 0.2) is 206 Å². The first-order chi connectivity index (χ1) is 33.8. The minimum absolute atomic E-state index is 0.280. The molecule has 0 fully saturated rings. The Morgan fingerprint density at radius 3 is 1.64 bits per heavy atom. The van der Waals surface area contributed by atoms with Gasteiger partial charge in [-0.2, -0.15) is 0 Å². The molecule has 1 aliphatic heterocycles. The zero-order valence-corrected chi connectivity index (χ0v) is 39.7. The lowest BCUT2D eigenvalue weighted by atomic mass is 9.76. The number of fused-ring (bicyclic) bond motifs is 12. The van der Waals surface area contributed by atoms with Gasteiger partial charge in [-0.3, -0.25) is 17.9 Å². The highest BCUT2D eigenvalue weighted by Gasteiger charge is 2.47. The van der Waals surface area contributed by atoms with Crippen LogP contribution in [-0.2, 0) is 5.41 Å². The van der Waals surface area contributed by atoms with Crippen LogP contribution in [0.4, 0.5) is 0 Å². The van der Waals surface area contributed by atoms with Gasteiger partial charge in [0, 0.05) is 22.2 Å². The van der Waals surface area contributed by atoms with E-state index in [0.29, 0.717) is 0 Å². The number of aromatic nitrogens is 6. The molecule has 0 unspecified atom stereocenters. The number of para-hydroxylation sites is 7. The van der Waals surface area contributed by atoms with Crippen molar-refractivity contribution in [2.24, 2.45) is 0 Å². The molecule has 9 aromatic carbocycles. The zero-order valence-electron chi connectivity index (χ0n) is 38.7. The molecule has 0 amide bonds. The van der Waals surface area contributed by atoms with Crippen LogP contribution < -0.4 is 25.5 Å². The lowest BCUT2D eigenvalue weighted by Gasteiger charge is -2.40. The van der Waals surface area contributed by atoms with Gasteiger partial charge in [0.05, 0.1) is 49.8 Å². The van der Waals surface area contributed by atoms with Crippen LogP contribution in [0, 0.1) is 13.8 Å². The number of nitrogens with zero attached hydrogens (tertiary/aromatic N) is 6. The number of benzene rings is 9. The summed E-state index contributed by atoms with van der Waals surface area (Å²) in [6.07, 6.45) is 0. The van der Waals surface area contributed by atoms with Gasteiger partial charge in [0.1, 0.15) is 11.5 Å². The Labute approximate surface area is 399 Å². The van der Waals surface area contributed by atoms with E-state index in [2.05, 4.69) is 252 Å². The third-order valence-electron chi connectivity index (χ3n) is 15.0. The maximum atomic E-state index is 7.19. The van der Waals surface area contributed by atoms with E-state index in [1.165, 1.54) is 31.9 Å². The van der Waals surface area contributed by atoms with Gasteiger partial charge in [0.25, 0.3) is 0 Å². The molecule has 13 aromatic rings. The number of hydrogen-bond donors (Lipinski definition) is 0. The van der Waals surface area contributed by atoms with E-state index in [1.54, 1.807) is 0 Å². The molecule has 0 saturated heterocycles. The molecule has 7 nitrogen and oxygen atoms in total. The van der Waals surface area contributed by atoms with Gasteiger partial charge in [-0.05, 0) is 106 Å². The van der Waals surface area contributed by atoms with Gasteiger partial charge >= 0.3 is 0 Å². The molecule has 330 valence electrons. The van der Waals surface area contributed by atoms with Crippen LogP contribution in [0.1, 0.15) is 36.1 Å². The van der Waals surface area contributed by atoms with E-state index in [9.17, 15) is 0 Å². The van der Waals surface area contributed by atoms with Gasteiger partial charge in [-0.1, -0.05) is 159 Å². The maximum absolute atomic E-state index is 7.19. The molecule has 8 heteroatoms. The predicted molar refractivity (Wildman–Crippen MR) is 284 cm³/mol. The minimum Gasteiger partial charge on any atom is -0.457 e. The quantitative estimate of drug-likeness (QED) is 0.123. The molecule has 0 spiro atoms. The standard InChI is InChI=1S/C61H46N6OSi/c1-39-20-17-33-52-56(39)62-60-65(49-30-13-14-31-50(49)66(52)60)42-36-40(2)57-53(38-42)67-51-32-15-12-29-48(51)64(59(67)63-57)41-21-18-26-45(37-41)69(43-22-7-5-8-23-43,44-24-9-6-10-25-44)55-35-19-28-47-58(55)68-54-34-16-11-27-46(54)61(47,3)4/h5-38H,1-4H3. The Hall–Kier alpha value is -8.46. The van der Waals surface area contributed by atoms with Crippen molar-refractivity contribution in [2.75, 3.05) is 0 Å². The van der Waals surface area contributed by atoms with Gasteiger partial charge < -0.3 is 4.74 Å². The second-order valence-electron chi connectivity index (χ2n) is 19.2. The highest BCUT2D eigenvalue weighted by atomic mass is 28.3. The van der Waals surface area contributed by atoms with Crippen molar-refractivity contribution >= 4 is 84.5 Å². The molecular formula is C61H46N6OSi. The summed E-state index contributed by atoms with van der Waals surface area (Å²) in [5.74, 6) is 3.62. The molecule has 0 bridgehead atoms. The smallest absolute Gasteiger partial charge is 0.220 e. The summed E-state index contributed by atoms with van der Waals surface area (Å²) >= 11 is 0. The SMILES string of the molecule is Cc1cccc2c1nc1n(-c3cc(C)c4nc5n(-c6cccc([Si](c7ccccc7)(c7ccccc7)c7cccc8c7Oc7ccccc7C8(C)C)c6)c6ccccc6n5c4c3)c3ccccc3n21. The molecule has 0 N–H and O–H groups in total. The van der Waals surface area contributed by atoms with Crippen molar-refractivity contribution in [3.63, 3.8) is 0 Å². The van der Waals surface area contributed by atoms with E-state index in [0.717, 1.165) is 89.7 Å². The third-order valence-corrected chi connectivity index (χ3v) is 19.8. The highest BCUT2D eigenvalue weighted by Crippen LogP contribution is 2.47. The third kappa shape index (κ3) is 5.43. The van der Waals surface area contributed by atoms with Crippen molar-refractivity contribution in [2.45, 2.75) is 33.1 Å². The van der Waals surface area contributed by atoms with Gasteiger partial charge in [0.15, 0.2) is 8.07 Å². The number of aryl methyl sites for hydroxylation is 2.